The van der Waals surface area contributed by atoms with Crippen molar-refractivity contribution in [1.29, 1.82) is 0 Å². The molecule has 4 atom stereocenters. The number of aliphatic hydroxyl groups is 1. The van der Waals surface area contributed by atoms with Gasteiger partial charge < -0.3 is 20.9 Å². The Morgan fingerprint density at radius 2 is 1.78 bits per heavy atom. The molecule has 2 aromatic carbocycles. The van der Waals surface area contributed by atoms with Crippen molar-refractivity contribution in [2.45, 2.75) is 62.2 Å². The van der Waals surface area contributed by atoms with Gasteiger partial charge in [-0.05, 0) is 56.3 Å². The maximum absolute atomic E-state index is 13.6. The maximum atomic E-state index is 13.6. The summed E-state index contributed by atoms with van der Waals surface area (Å²) in [5.41, 5.74) is 4.25. The number of amides is 1. The molecule has 3 rings (SSSR count). The summed E-state index contributed by atoms with van der Waals surface area (Å²) in [6, 6.07) is 17.3. The smallest absolute Gasteiger partial charge is 0.253 e. The van der Waals surface area contributed by atoms with Crippen LogP contribution < -0.4 is 11.1 Å². The Kier molecular flexibility index (Phi) is 9.29. The normalized spacial score (nSPS) is 21.6. The fourth-order valence-electron chi connectivity index (χ4n) is 4.61. The van der Waals surface area contributed by atoms with Crippen molar-refractivity contribution in [1.82, 2.24) is 9.62 Å². The molecule has 198 valence electrons. The minimum atomic E-state index is -3.92. The summed E-state index contributed by atoms with van der Waals surface area (Å²) in [6.07, 6.45) is 0.621. The molecule has 0 bridgehead atoms. The van der Waals surface area contributed by atoms with Gasteiger partial charge in [0.15, 0.2) is 0 Å². The zero-order chi connectivity index (χ0) is 26.4. The van der Waals surface area contributed by atoms with Gasteiger partial charge in [-0.3, -0.25) is 4.79 Å². The third kappa shape index (κ3) is 5.98. The molecule has 0 aromatic heterocycles. The molecule has 1 amide bonds. The average molecular weight is 518 g/mol. The van der Waals surface area contributed by atoms with Gasteiger partial charge in [0, 0.05) is 19.7 Å². The van der Waals surface area contributed by atoms with Gasteiger partial charge in [0.2, 0.25) is 10.0 Å². The molecule has 1 saturated heterocycles. The van der Waals surface area contributed by atoms with Crippen molar-refractivity contribution in [3.05, 3.63) is 66.2 Å². The van der Waals surface area contributed by atoms with Crippen LogP contribution in [0.25, 0.3) is 0 Å². The first-order chi connectivity index (χ1) is 17.1. The van der Waals surface area contributed by atoms with E-state index in [0.29, 0.717) is 31.6 Å². The molecule has 8 nitrogen and oxygen atoms in total. The molecule has 0 aliphatic carbocycles. The van der Waals surface area contributed by atoms with E-state index >= 15 is 0 Å². The van der Waals surface area contributed by atoms with Gasteiger partial charge in [-0.15, -0.1) is 0 Å². The Balaban J connectivity index is 1.98. The second kappa shape index (κ2) is 11.8. The van der Waals surface area contributed by atoms with Gasteiger partial charge in [0.25, 0.3) is 5.91 Å². The van der Waals surface area contributed by atoms with Crippen LogP contribution in [0.2, 0.25) is 0 Å². The van der Waals surface area contributed by atoms with Crippen LogP contribution in [0.3, 0.4) is 0 Å². The summed E-state index contributed by atoms with van der Waals surface area (Å²) < 4.78 is 34.3. The molecular weight excluding hydrogens is 478 g/mol. The molecule has 0 radical (unpaired) electrons. The average Bonchev–Trinajstić information content (AvgIpc) is 3.39. The lowest BCUT2D eigenvalue weighted by atomic mass is 9.84. The van der Waals surface area contributed by atoms with E-state index in [-0.39, 0.29) is 29.8 Å². The molecule has 1 aliphatic heterocycles. The van der Waals surface area contributed by atoms with Gasteiger partial charge >= 0.3 is 0 Å². The first kappa shape index (κ1) is 28.3. The summed E-state index contributed by atoms with van der Waals surface area (Å²) in [6.45, 7) is 6.19. The highest BCUT2D eigenvalue weighted by Gasteiger charge is 2.47. The number of nitrogens with two attached hydrogens (primary N) is 1. The summed E-state index contributed by atoms with van der Waals surface area (Å²) in [7, 11) is -3.92. The van der Waals surface area contributed by atoms with E-state index < -0.39 is 27.3 Å². The largest absolute Gasteiger partial charge is 0.389 e. The van der Waals surface area contributed by atoms with Crippen LogP contribution in [0.5, 0.6) is 0 Å². The van der Waals surface area contributed by atoms with Gasteiger partial charge in [0.1, 0.15) is 5.60 Å². The highest BCUT2D eigenvalue weighted by Crippen LogP contribution is 2.33. The highest BCUT2D eigenvalue weighted by atomic mass is 32.2. The van der Waals surface area contributed by atoms with Gasteiger partial charge in [0.05, 0.1) is 16.5 Å². The van der Waals surface area contributed by atoms with E-state index in [2.05, 4.69) is 5.32 Å². The second-order valence-corrected chi connectivity index (χ2v) is 11.8. The number of rotatable bonds is 12. The molecule has 1 aliphatic rings. The van der Waals surface area contributed by atoms with E-state index in [1.165, 1.54) is 16.4 Å². The van der Waals surface area contributed by atoms with Gasteiger partial charge in [-0.2, -0.15) is 4.31 Å². The molecule has 2 aromatic rings. The topological polar surface area (TPSA) is 122 Å². The second-order valence-electron chi connectivity index (χ2n) is 9.81. The predicted molar refractivity (Wildman–Crippen MR) is 140 cm³/mol. The van der Waals surface area contributed by atoms with Crippen molar-refractivity contribution >= 4 is 15.9 Å². The summed E-state index contributed by atoms with van der Waals surface area (Å²) >= 11 is 0. The zero-order valence-corrected chi connectivity index (χ0v) is 22.2. The third-order valence-electron chi connectivity index (χ3n) is 7.18. The number of ether oxygens (including phenoxy) is 1. The van der Waals surface area contributed by atoms with Crippen molar-refractivity contribution in [3.8, 4) is 0 Å². The van der Waals surface area contributed by atoms with Crippen LogP contribution in [0.4, 0.5) is 0 Å². The Hall–Kier alpha value is -2.30. The lowest BCUT2D eigenvalue weighted by molar-refractivity contribution is -0.145. The van der Waals surface area contributed by atoms with E-state index in [1.807, 2.05) is 44.2 Å². The summed E-state index contributed by atoms with van der Waals surface area (Å²) in [5, 5.41) is 14.7. The van der Waals surface area contributed by atoms with Crippen LogP contribution in [0, 0.1) is 5.92 Å². The minimum Gasteiger partial charge on any atom is -0.389 e. The minimum absolute atomic E-state index is 0.131. The summed E-state index contributed by atoms with van der Waals surface area (Å²) in [4.78, 5) is 13.7. The van der Waals surface area contributed by atoms with Gasteiger partial charge in [-0.1, -0.05) is 62.4 Å². The monoisotopic (exact) mass is 517 g/mol. The zero-order valence-electron chi connectivity index (χ0n) is 21.4. The standard InChI is InChI=1S/C27H39N3O5S/c1-4-27(16-11-17-35-27)25(32)29-26(3,22-12-7-5-8-13-22)24(31)20-30(19-21(2)18-28)36(33,34)23-14-9-6-10-15-23/h5-10,12-15,21,24,31H,4,11,16-20,28H2,1-3H3,(H,29,32)/t21?,24-,26+,27?/m1/s1. The highest BCUT2D eigenvalue weighted by molar-refractivity contribution is 7.89. The maximum Gasteiger partial charge on any atom is 0.253 e. The van der Waals surface area contributed by atoms with Crippen molar-refractivity contribution in [3.63, 3.8) is 0 Å². The van der Waals surface area contributed by atoms with Crippen LogP contribution in [-0.2, 0) is 25.1 Å². The first-order valence-electron chi connectivity index (χ1n) is 12.5. The molecule has 2 unspecified atom stereocenters. The van der Waals surface area contributed by atoms with Crippen LogP contribution >= 0.6 is 0 Å². The van der Waals surface area contributed by atoms with E-state index in [1.54, 1.807) is 25.1 Å². The molecule has 0 spiro atoms. The fourth-order valence-corrected chi connectivity index (χ4v) is 6.20. The number of hydrogen-bond donors (Lipinski definition) is 3. The van der Waals surface area contributed by atoms with Crippen LogP contribution in [-0.4, -0.2) is 61.7 Å². The number of carbonyl (C=O) groups is 1. The first-order valence-corrected chi connectivity index (χ1v) is 14.0. The lowest BCUT2D eigenvalue weighted by Crippen LogP contribution is -2.60. The molecule has 36 heavy (non-hydrogen) atoms. The molecule has 9 heteroatoms. The Bertz CT molecular complexity index is 1090. The van der Waals surface area contributed by atoms with Crippen LogP contribution in [0.15, 0.2) is 65.6 Å². The number of aliphatic hydroxyl groups excluding tert-OH is 1. The molecule has 1 fully saturated rings. The number of hydrogen-bond acceptors (Lipinski definition) is 6. The lowest BCUT2D eigenvalue weighted by Gasteiger charge is -2.40. The number of carbonyl (C=O) groups excluding carboxylic acids is 1. The van der Waals surface area contributed by atoms with E-state index in [0.717, 1.165) is 6.42 Å². The number of sulfonamides is 1. The number of nitrogens with one attached hydrogen (secondary N) is 1. The van der Waals surface area contributed by atoms with Crippen molar-refractivity contribution in [2.24, 2.45) is 11.7 Å². The van der Waals surface area contributed by atoms with Crippen molar-refractivity contribution in [2.75, 3.05) is 26.2 Å². The van der Waals surface area contributed by atoms with Crippen molar-refractivity contribution < 1.29 is 23.1 Å². The SMILES string of the molecule is CCC1(C(=O)N[C@@](C)(c2ccccc2)[C@H](O)CN(CC(C)CN)S(=O)(=O)c2ccccc2)CCCO1. The molecular formula is C27H39N3O5S. The number of benzene rings is 2. The van der Waals surface area contributed by atoms with Gasteiger partial charge in [-0.25, -0.2) is 8.42 Å². The van der Waals surface area contributed by atoms with E-state index in [9.17, 15) is 18.3 Å². The predicted octanol–water partition coefficient (Wildman–Crippen LogP) is 2.62. The number of nitrogens with zero attached hydrogens (tertiary/aromatic N) is 1. The molecule has 4 N–H and O–H groups in total. The Morgan fingerprint density at radius 1 is 1.17 bits per heavy atom. The quantitative estimate of drug-likeness (QED) is 0.398. The molecule has 1 heterocycles. The fraction of sp³-hybridized carbons (Fsp3) is 0.519. The Labute approximate surface area is 214 Å². The van der Waals surface area contributed by atoms with E-state index in [4.69, 9.17) is 10.5 Å². The Morgan fingerprint density at radius 3 is 2.31 bits per heavy atom. The van der Waals surface area contributed by atoms with Crippen LogP contribution in [0.1, 0.15) is 45.6 Å². The summed E-state index contributed by atoms with van der Waals surface area (Å²) in [5.74, 6) is -0.441. The third-order valence-corrected chi connectivity index (χ3v) is 9.02. The molecule has 0 saturated carbocycles.